The van der Waals surface area contributed by atoms with Crippen molar-refractivity contribution < 1.29 is 14.3 Å². The Morgan fingerprint density at radius 1 is 1.32 bits per heavy atom. The molecule has 1 atom stereocenters. The predicted octanol–water partition coefficient (Wildman–Crippen LogP) is 3.81. The number of para-hydroxylation sites is 1. The van der Waals surface area contributed by atoms with Gasteiger partial charge in [-0.25, -0.2) is 9.78 Å². The molecule has 0 radical (unpaired) electrons. The van der Waals surface area contributed by atoms with Crippen LogP contribution in [-0.4, -0.2) is 35.3 Å². The zero-order chi connectivity index (χ0) is 17.8. The highest BCUT2D eigenvalue weighted by atomic mass is 35.5. The molecular weight excluding hydrogens is 360 g/mol. The summed E-state index contributed by atoms with van der Waals surface area (Å²) in [5.41, 5.74) is 1.13. The van der Waals surface area contributed by atoms with Crippen LogP contribution < -0.4 is 4.90 Å². The minimum atomic E-state index is -0.594. The number of carbonyl (C=O) groups excluding carboxylic acids is 2. The molecule has 3 rings (SSSR count). The molecule has 1 amide bonds. The number of hydrogen-bond acceptors (Lipinski definition) is 5. The Kier molecular flexibility index (Phi) is 5.60. The van der Waals surface area contributed by atoms with Gasteiger partial charge in [0.1, 0.15) is 5.15 Å². The zero-order valence-corrected chi connectivity index (χ0v) is 15.2. The van der Waals surface area contributed by atoms with E-state index >= 15 is 0 Å². The van der Waals surface area contributed by atoms with Gasteiger partial charge in [-0.2, -0.15) is 0 Å². The number of thioether (sulfide) groups is 1. The number of ether oxygens (including phenoxy) is 1. The van der Waals surface area contributed by atoms with Crippen molar-refractivity contribution in [2.75, 3.05) is 18.1 Å². The summed E-state index contributed by atoms with van der Waals surface area (Å²) in [6.07, 6.45) is 2.20. The summed E-state index contributed by atoms with van der Waals surface area (Å²) >= 11 is 7.45. The van der Waals surface area contributed by atoms with Gasteiger partial charge in [-0.1, -0.05) is 30.7 Å². The highest BCUT2D eigenvalue weighted by Gasteiger charge is 2.25. The summed E-state index contributed by atoms with van der Waals surface area (Å²) in [5, 5.41) is 0.710. The lowest BCUT2D eigenvalue weighted by atomic mass is 10.2. The van der Waals surface area contributed by atoms with Gasteiger partial charge in [0.15, 0.2) is 6.61 Å². The molecule has 1 aliphatic heterocycles. The maximum Gasteiger partial charge on any atom is 0.340 e. The van der Waals surface area contributed by atoms with E-state index in [2.05, 4.69) is 11.9 Å². The first kappa shape index (κ1) is 17.8. The maximum absolute atomic E-state index is 12.6. The molecule has 1 aromatic heterocycles. The third kappa shape index (κ3) is 4.32. The molecule has 0 saturated carbocycles. The van der Waals surface area contributed by atoms with E-state index in [4.69, 9.17) is 16.3 Å². The molecule has 0 aliphatic carbocycles. The van der Waals surface area contributed by atoms with Gasteiger partial charge >= 0.3 is 5.97 Å². The van der Waals surface area contributed by atoms with E-state index in [1.165, 1.54) is 18.3 Å². The molecule has 2 heterocycles. The van der Waals surface area contributed by atoms with E-state index in [9.17, 15) is 9.59 Å². The van der Waals surface area contributed by atoms with E-state index in [0.717, 1.165) is 17.0 Å². The second kappa shape index (κ2) is 7.89. The van der Waals surface area contributed by atoms with Gasteiger partial charge in [-0.05, 0) is 30.7 Å². The number of amides is 1. The highest BCUT2D eigenvalue weighted by molar-refractivity contribution is 8.00. The molecule has 130 valence electrons. The highest BCUT2D eigenvalue weighted by Crippen LogP contribution is 2.37. The van der Waals surface area contributed by atoms with E-state index in [1.54, 1.807) is 16.7 Å². The molecule has 0 spiro atoms. The van der Waals surface area contributed by atoms with Crippen molar-refractivity contribution in [2.24, 2.45) is 0 Å². The Bertz CT molecular complexity index is 782. The number of esters is 1. The van der Waals surface area contributed by atoms with Gasteiger partial charge in [0.2, 0.25) is 0 Å². The van der Waals surface area contributed by atoms with Crippen molar-refractivity contribution in [1.29, 1.82) is 0 Å². The molecule has 1 aliphatic rings. The van der Waals surface area contributed by atoms with Crippen LogP contribution in [0.1, 0.15) is 23.7 Å². The molecular formula is C18H17ClN2O3S. The largest absolute Gasteiger partial charge is 0.452 e. The fourth-order valence-electron chi connectivity index (χ4n) is 2.53. The summed E-state index contributed by atoms with van der Waals surface area (Å²) in [5.74, 6) is -0.833. The fourth-order valence-corrected chi connectivity index (χ4v) is 3.76. The van der Waals surface area contributed by atoms with Gasteiger partial charge < -0.3 is 9.64 Å². The molecule has 1 aromatic carbocycles. The van der Waals surface area contributed by atoms with Gasteiger partial charge in [0.25, 0.3) is 5.91 Å². The van der Waals surface area contributed by atoms with Crippen LogP contribution in [0.2, 0.25) is 5.15 Å². The van der Waals surface area contributed by atoms with E-state index in [1.807, 2.05) is 24.3 Å². The van der Waals surface area contributed by atoms with Gasteiger partial charge in [-0.15, -0.1) is 11.8 Å². The van der Waals surface area contributed by atoms with E-state index in [-0.39, 0.29) is 18.1 Å². The average Bonchev–Trinajstić information content (AvgIpc) is 2.78. The van der Waals surface area contributed by atoms with Crippen LogP contribution in [0.3, 0.4) is 0 Å². The van der Waals surface area contributed by atoms with Crippen LogP contribution in [-0.2, 0) is 9.53 Å². The van der Waals surface area contributed by atoms with Crippen LogP contribution in [0.25, 0.3) is 0 Å². The van der Waals surface area contributed by atoms with E-state index < -0.39 is 5.97 Å². The van der Waals surface area contributed by atoms with Gasteiger partial charge in [0.05, 0.1) is 11.3 Å². The number of nitrogens with zero attached hydrogens (tertiary/aromatic N) is 2. The molecule has 0 saturated heterocycles. The lowest BCUT2D eigenvalue weighted by Gasteiger charge is -2.22. The lowest BCUT2D eigenvalue weighted by molar-refractivity contribution is -0.121. The quantitative estimate of drug-likeness (QED) is 0.602. The third-order valence-electron chi connectivity index (χ3n) is 3.83. The Morgan fingerprint density at radius 3 is 2.88 bits per heavy atom. The Hall–Kier alpha value is -2.05. The number of carbonyl (C=O) groups is 2. The SMILES string of the molecule is C[C@H]1CCN(C(=O)COC(=O)c2ccc(Cl)nc2)c2ccccc2S1. The summed E-state index contributed by atoms with van der Waals surface area (Å²) in [4.78, 5) is 31.2. The summed E-state index contributed by atoms with van der Waals surface area (Å²) in [6.45, 7) is 2.43. The summed E-state index contributed by atoms with van der Waals surface area (Å²) < 4.78 is 5.15. The number of pyridine rings is 1. The molecule has 7 heteroatoms. The number of benzene rings is 1. The van der Waals surface area contributed by atoms with Gasteiger partial charge in [0, 0.05) is 22.9 Å². The molecule has 0 bridgehead atoms. The van der Waals surface area contributed by atoms with Crippen molar-refractivity contribution in [1.82, 2.24) is 4.98 Å². The minimum Gasteiger partial charge on any atom is -0.452 e. The van der Waals surface area contributed by atoms with Crippen LogP contribution in [0.15, 0.2) is 47.5 Å². The van der Waals surface area contributed by atoms with Crippen LogP contribution >= 0.6 is 23.4 Å². The number of rotatable bonds is 3. The zero-order valence-electron chi connectivity index (χ0n) is 13.6. The Balaban J connectivity index is 1.68. The fraction of sp³-hybridized carbons (Fsp3) is 0.278. The summed E-state index contributed by atoms with van der Waals surface area (Å²) in [7, 11) is 0. The van der Waals surface area contributed by atoms with Crippen molar-refractivity contribution in [3.63, 3.8) is 0 Å². The lowest BCUT2D eigenvalue weighted by Crippen LogP contribution is -2.35. The van der Waals surface area contributed by atoms with Crippen molar-refractivity contribution in [3.05, 3.63) is 53.3 Å². The first-order chi connectivity index (χ1) is 12.0. The van der Waals surface area contributed by atoms with Crippen LogP contribution in [0.5, 0.6) is 0 Å². The molecule has 0 unspecified atom stereocenters. The monoisotopic (exact) mass is 376 g/mol. The first-order valence-electron chi connectivity index (χ1n) is 7.89. The van der Waals surface area contributed by atoms with Crippen LogP contribution in [0, 0.1) is 0 Å². The molecule has 5 nitrogen and oxygen atoms in total. The Morgan fingerprint density at radius 2 is 2.12 bits per heavy atom. The standard InChI is InChI=1S/C18H17ClN2O3S/c1-12-8-9-21(14-4-2-3-5-15(14)25-12)17(22)11-24-18(23)13-6-7-16(19)20-10-13/h2-7,10,12H,8-9,11H2,1H3/t12-/m0/s1. The first-order valence-corrected chi connectivity index (χ1v) is 9.15. The minimum absolute atomic E-state index is 0.238. The second-order valence-electron chi connectivity index (χ2n) is 5.68. The van der Waals surface area contributed by atoms with Crippen molar-refractivity contribution in [3.8, 4) is 0 Å². The van der Waals surface area contributed by atoms with Crippen molar-refractivity contribution >= 4 is 40.9 Å². The summed E-state index contributed by atoms with van der Waals surface area (Å²) in [6, 6.07) is 10.8. The molecule has 0 fully saturated rings. The smallest absolute Gasteiger partial charge is 0.340 e. The third-order valence-corrected chi connectivity index (χ3v) is 5.30. The number of fused-ring (bicyclic) bond motifs is 1. The molecule has 0 N–H and O–H groups in total. The number of anilines is 1. The molecule has 25 heavy (non-hydrogen) atoms. The normalized spacial score (nSPS) is 16.7. The number of halogens is 1. The maximum atomic E-state index is 12.6. The van der Waals surface area contributed by atoms with E-state index in [0.29, 0.717) is 16.9 Å². The van der Waals surface area contributed by atoms with Crippen molar-refractivity contribution in [2.45, 2.75) is 23.5 Å². The number of aromatic nitrogens is 1. The topological polar surface area (TPSA) is 59.5 Å². The number of hydrogen-bond donors (Lipinski definition) is 0. The average molecular weight is 377 g/mol. The second-order valence-corrected chi connectivity index (χ2v) is 7.54. The van der Waals surface area contributed by atoms with Crippen LogP contribution in [0.4, 0.5) is 5.69 Å². The predicted molar refractivity (Wildman–Crippen MR) is 98.3 cm³/mol. The Labute approximate surface area is 155 Å². The van der Waals surface area contributed by atoms with Gasteiger partial charge in [-0.3, -0.25) is 4.79 Å². The molecule has 2 aromatic rings.